The minimum absolute atomic E-state index is 0.339. The predicted octanol–water partition coefficient (Wildman–Crippen LogP) is 3.22. The molecule has 1 unspecified atom stereocenters. The molecule has 1 atom stereocenters. The van der Waals surface area contributed by atoms with Crippen molar-refractivity contribution >= 4 is 12.0 Å². The molecule has 0 spiro atoms. The van der Waals surface area contributed by atoms with Gasteiger partial charge in [-0.2, -0.15) is 0 Å². The van der Waals surface area contributed by atoms with Gasteiger partial charge in [0.05, 0.1) is 19.8 Å². The minimum Gasteiger partial charge on any atom is -0.497 e. The van der Waals surface area contributed by atoms with Gasteiger partial charge >= 0.3 is 5.97 Å². The van der Waals surface area contributed by atoms with Gasteiger partial charge in [0, 0.05) is 31.0 Å². The van der Waals surface area contributed by atoms with Crippen LogP contribution in [0.4, 0.5) is 0 Å². The van der Waals surface area contributed by atoms with Gasteiger partial charge in [-0.1, -0.05) is 0 Å². The summed E-state index contributed by atoms with van der Waals surface area (Å²) < 4.78 is 16.0. The second kappa shape index (κ2) is 8.66. The highest BCUT2D eigenvalue weighted by Crippen LogP contribution is 2.31. The molecule has 2 aromatic rings. The van der Waals surface area contributed by atoms with Crippen LogP contribution in [0.3, 0.4) is 0 Å². The Morgan fingerprint density at radius 3 is 3.00 bits per heavy atom. The lowest BCUT2D eigenvalue weighted by Gasteiger charge is -2.23. The van der Waals surface area contributed by atoms with Crippen LogP contribution in [-0.2, 0) is 11.2 Å². The average molecular weight is 394 g/mol. The van der Waals surface area contributed by atoms with Crippen LogP contribution >= 0.6 is 0 Å². The zero-order valence-corrected chi connectivity index (χ0v) is 16.9. The van der Waals surface area contributed by atoms with Crippen molar-refractivity contribution in [3.8, 4) is 11.5 Å². The number of nitrogens with zero attached hydrogens (tertiary/aromatic N) is 2. The third-order valence-corrected chi connectivity index (χ3v) is 5.53. The molecule has 4 rings (SSSR count). The van der Waals surface area contributed by atoms with Crippen LogP contribution in [0.1, 0.15) is 27.9 Å². The maximum atomic E-state index is 11.7. The summed E-state index contributed by atoms with van der Waals surface area (Å²) >= 11 is 0. The summed E-state index contributed by atoms with van der Waals surface area (Å²) in [6, 6.07) is 7.79. The van der Waals surface area contributed by atoms with E-state index in [9.17, 15) is 4.79 Å². The molecule has 6 nitrogen and oxygen atoms in total. The van der Waals surface area contributed by atoms with Gasteiger partial charge in [-0.3, -0.25) is 9.88 Å². The highest BCUT2D eigenvalue weighted by Gasteiger charge is 2.24. The molecule has 2 aliphatic heterocycles. The fraction of sp³-hybridized carbons (Fsp3) is 0.391. The number of carbonyl (C=O) groups is 1. The van der Waals surface area contributed by atoms with Gasteiger partial charge in [0.1, 0.15) is 18.1 Å². The number of ether oxygens (including phenoxy) is 3. The maximum absolute atomic E-state index is 11.7. The third kappa shape index (κ3) is 4.59. The number of pyridine rings is 1. The van der Waals surface area contributed by atoms with Gasteiger partial charge in [0.25, 0.3) is 0 Å². The second-order valence-electron chi connectivity index (χ2n) is 7.66. The van der Waals surface area contributed by atoms with Crippen LogP contribution in [0.25, 0.3) is 6.08 Å². The van der Waals surface area contributed by atoms with E-state index in [1.165, 1.54) is 12.7 Å². The van der Waals surface area contributed by atoms with E-state index in [4.69, 9.17) is 14.2 Å². The van der Waals surface area contributed by atoms with E-state index in [0.717, 1.165) is 55.1 Å². The van der Waals surface area contributed by atoms with Crippen molar-refractivity contribution in [3.05, 3.63) is 58.9 Å². The molecule has 152 valence electrons. The first kappa shape index (κ1) is 19.5. The molecule has 0 amide bonds. The number of likely N-dealkylation sites (tertiary alicyclic amines) is 1. The molecule has 6 heteroatoms. The van der Waals surface area contributed by atoms with Crippen LogP contribution in [0.5, 0.6) is 11.5 Å². The Balaban J connectivity index is 1.36. The fourth-order valence-corrected chi connectivity index (χ4v) is 4.09. The number of carbonyl (C=O) groups excluding carboxylic acids is 1. The first-order chi connectivity index (χ1) is 14.1. The van der Waals surface area contributed by atoms with E-state index < -0.39 is 0 Å². The van der Waals surface area contributed by atoms with Crippen molar-refractivity contribution in [2.75, 3.05) is 40.5 Å². The van der Waals surface area contributed by atoms with Crippen molar-refractivity contribution in [1.29, 1.82) is 0 Å². The van der Waals surface area contributed by atoms with Crippen LogP contribution in [0.2, 0.25) is 0 Å². The summed E-state index contributed by atoms with van der Waals surface area (Å²) in [5.41, 5.74) is 3.95. The first-order valence-corrected chi connectivity index (χ1v) is 9.89. The molecule has 1 aromatic heterocycles. The Morgan fingerprint density at radius 2 is 2.17 bits per heavy atom. The molecule has 1 fully saturated rings. The van der Waals surface area contributed by atoms with Crippen molar-refractivity contribution in [1.82, 2.24) is 9.88 Å². The predicted molar refractivity (Wildman–Crippen MR) is 110 cm³/mol. The van der Waals surface area contributed by atoms with Crippen LogP contribution in [0.15, 0.2) is 42.2 Å². The summed E-state index contributed by atoms with van der Waals surface area (Å²) in [7, 11) is 3.07. The van der Waals surface area contributed by atoms with E-state index >= 15 is 0 Å². The Morgan fingerprint density at radius 1 is 1.28 bits per heavy atom. The zero-order chi connectivity index (χ0) is 20.2. The van der Waals surface area contributed by atoms with Crippen molar-refractivity contribution < 1.29 is 19.0 Å². The maximum Gasteiger partial charge on any atom is 0.339 e. The topological polar surface area (TPSA) is 60.9 Å². The Kier molecular flexibility index (Phi) is 5.81. The van der Waals surface area contributed by atoms with Gasteiger partial charge in [-0.05, 0) is 66.8 Å². The Bertz CT molecular complexity index is 925. The number of rotatable bonds is 6. The molecule has 0 aliphatic carbocycles. The summed E-state index contributed by atoms with van der Waals surface area (Å²) in [5, 5.41) is 0. The smallest absolute Gasteiger partial charge is 0.339 e. The lowest BCUT2D eigenvalue weighted by atomic mass is 9.99. The minimum atomic E-state index is -0.339. The Hall–Kier alpha value is -2.86. The van der Waals surface area contributed by atoms with E-state index in [1.54, 1.807) is 13.3 Å². The lowest BCUT2D eigenvalue weighted by Crippen LogP contribution is -2.26. The third-order valence-electron chi connectivity index (χ3n) is 5.53. The number of hydrogen-bond acceptors (Lipinski definition) is 6. The highest BCUT2D eigenvalue weighted by atomic mass is 16.5. The van der Waals surface area contributed by atoms with E-state index in [-0.39, 0.29) is 5.97 Å². The highest BCUT2D eigenvalue weighted by molar-refractivity contribution is 5.89. The van der Waals surface area contributed by atoms with Gasteiger partial charge < -0.3 is 14.2 Å². The largest absolute Gasteiger partial charge is 0.497 e. The molecule has 0 saturated carbocycles. The second-order valence-corrected chi connectivity index (χ2v) is 7.66. The molecule has 2 aliphatic rings. The molecule has 0 radical (unpaired) electrons. The molecular formula is C23H26N2O4. The number of methoxy groups -OCH3 is 2. The van der Waals surface area contributed by atoms with Gasteiger partial charge in [-0.15, -0.1) is 0 Å². The monoisotopic (exact) mass is 394 g/mol. The van der Waals surface area contributed by atoms with Crippen molar-refractivity contribution in [3.63, 3.8) is 0 Å². The van der Waals surface area contributed by atoms with Gasteiger partial charge in [0.15, 0.2) is 0 Å². The molecule has 3 heterocycles. The molecule has 1 aromatic carbocycles. The summed E-state index contributed by atoms with van der Waals surface area (Å²) in [4.78, 5) is 18.4. The summed E-state index contributed by atoms with van der Waals surface area (Å²) in [6.07, 6.45) is 7.68. The van der Waals surface area contributed by atoms with Crippen LogP contribution in [-0.4, -0.2) is 56.3 Å². The normalized spacial score (nSPS) is 18.6. The number of fused-ring (bicyclic) bond motifs is 1. The van der Waals surface area contributed by atoms with E-state index in [1.807, 2.05) is 30.5 Å². The van der Waals surface area contributed by atoms with Crippen LogP contribution < -0.4 is 9.47 Å². The molecule has 0 N–H and O–H groups in total. The lowest BCUT2D eigenvalue weighted by molar-refractivity contribution is 0.0600. The van der Waals surface area contributed by atoms with Crippen LogP contribution in [0, 0.1) is 5.92 Å². The molecular weight excluding hydrogens is 368 g/mol. The quantitative estimate of drug-likeness (QED) is 0.701. The summed E-state index contributed by atoms with van der Waals surface area (Å²) in [6.45, 7) is 3.64. The number of benzene rings is 1. The number of aromatic nitrogens is 1. The summed E-state index contributed by atoms with van der Waals surface area (Å²) in [5.74, 6) is 1.97. The zero-order valence-electron chi connectivity index (χ0n) is 16.9. The first-order valence-electron chi connectivity index (χ1n) is 9.89. The molecule has 1 saturated heterocycles. The van der Waals surface area contributed by atoms with E-state index in [2.05, 4.69) is 16.0 Å². The number of esters is 1. The fourth-order valence-electron chi connectivity index (χ4n) is 4.09. The molecule has 0 bridgehead atoms. The average Bonchev–Trinajstić information content (AvgIpc) is 3.19. The van der Waals surface area contributed by atoms with Gasteiger partial charge in [-0.25, -0.2) is 4.79 Å². The molecule has 29 heavy (non-hydrogen) atoms. The van der Waals surface area contributed by atoms with Gasteiger partial charge in [0.2, 0.25) is 0 Å². The van der Waals surface area contributed by atoms with E-state index in [0.29, 0.717) is 18.1 Å². The number of hydrogen-bond donors (Lipinski definition) is 0. The van der Waals surface area contributed by atoms with Crippen molar-refractivity contribution in [2.45, 2.75) is 12.8 Å². The SMILES string of the molecule is COC(=O)c1cncc(CC2CCN(CC3=Cc4cc(OC)ccc4OC3)C2)c1. The Labute approximate surface area is 171 Å². The standard InChI is InChI=1S/C23H26N2O4/c1-27-21-3-4-22-19(10-21)9-18(15-29-22)14-25-6-5-16(13-25)7-17-8-20(12-24-11-17)23(26)28-2/h3-4,8-12,16H,5-7,13-15H2,1-2H3. The van der Waals surface area contributed by atoms with Crippen molar-refractivity contribution in [2.24, 2.45) is 5.92 Å².